The molecule has 1 aromatic rings. The third kappa shape index (κ3) is 4.00. The quantitative estimate of drug-likeness (QED) is 0.876. The minimum Gasteiger partial charge on any atom is -0.381 e. The zero-order valence-corrected chi connectivity index (χ0v) is 12.0. The van der Waals surface area contributed by atoms with E-state index in [4.69, 9.17) is 10.5 Å². The van der Waals surface area contributed by atoms with E-state index >= 15 is 0 Å². The van der Waals surface area contributed by atoms with Gasteiger partial charge in [-0.3, -0.25) is 9.88 Å². The first-order chi connectivity index (χ1) is 9.20. The predicted molar refractivity (Wildman–Crippen MR) is 76.8 cm³/mol. The molecule has 0 radical (unpaired) electrons. The highest BCUT2D eigenvalue weighted by Crippen LogP contribution is 2.21. The van der Waals surface area contributed by atoms with Crippen LogP contribution in [0, 0.1) is 12.8 Å². The topological polar surface area (TPSA) is 51.4 Å². The summed E-state index contributed by atoms with van der Waals surface area (Å²) in [5, 5.41) is 0. The molecule has 4 nitrogen and oxygen atoms in total. The summed E-state index contributed by atoms with van der Waals surface area (Å²) in [4.78, 5) is 6.88. The van der Waals surface area contributed by atoms with E-state index < -0.39 is 0 Å². The van der Waals surface area contributed by atoms with E-state index in [-0.39, 0.29) is 0 Å². The maximum Gasteiger partial charge on any atom is 0.0547 e. The Bertz CT molecular complexity index is 391. The van der Waals surface area contributed by atoms with Crippen molar-refractivity contribution in [3.05, 3.63) is 29.6 Å². The summed E-state index contributed by atoms with van der Waals surface area (Å²) in [7, 11) is 2.14. The number of nitrogens with zero attached hydrogens (tertiary/aromatic N) is 2. The van der Waals surface area contributed by atoms with Crippen LogP contribution in [0.3, 0.4) is 0 Å². The van der Waals surface area contributed by atoms with Crippen LogP contribution in [0.25, 0.3) is 0 Å². The summed E-state index contributed by atoms with van der Waals surface area (Å²) in [6.45, 7) is 5.29. The minimum atomic E-state index is 0.377. The molecule has 0 spiro atoms. The van der Waals surface area contributed by atoms with Crippen LogP contribution in [0.1, 0.15) is 24.2 Å². The lowest BCUT2D eigenvalue weighted by Crippen LogP contribution is -2.46. The van der Waals surface area contributed by atoms with E-state index in [1.807, 2.05) is 13.0 Å². The molecule has 0 bridgehead atoms. The number of hydrogen-bond acceptors (Lipinski definition) is 4. The largest absolute Gasteiger partial charge is 0.381 e. The number of aromatic nitrogens is 1. The van der Waals surface area contributed by atoms with Gasteiger partial charge in [-0.05, 0) is 44.9 Å². The highest BCUT2D eigenvalue weighted by molar-refractivity contribution is 5.10. The highest BCUT2D eigenvalue weighted by Gasteiger charge is 2.26. The smallest absolute Gasteiger partial charge is 0.0547 e. The summed E-state index contributed by atoms with van der Waals surface area (Å²) in [5.41, 5.74) is 8.15. The van der Waals surface area contributed by atoms with Crippen LogP contribution < -0.4 is 5.73 Å². The summed E-state index contributed by atoms with van der Waals surface area (Å²) < 4.78 is 5.59. The van der Waals surface area contributed by atoms with Crippen molar-refractivity contribution in [2.75, 3.05) is 26.8 Å². The maximum atomic E-state index is 5.97. The lowest BCUT2D eigenvalue weighted by atomic mass is 9.92. The molecule has 106 valence electrons. The molecule has 1 fully saturated rings. The predicted octanol–water partition coefficient (Wildman–Crippen LogP) is 1.58. The first kappa shape index (κ1) is 14.4. The number of pyridine rings is 1. The molecule has 0 saturated carbocycles. The van der Waals surface area contributed by atoms with Crippen LogP contribution in [0.2, 0.25) is 0 Å². The molecule has 1 aromatic heterocycles. The van der Waals surface area contributed by atoms with E-state index in [9.17, 15) is 0 Å². The molecule has 0 amide bonds. The Kier molecular flexibility index (Phi) is 5.31. The lowest BCUT2D eigenvalue weighted by molar-refractivity contribution is 0.0153. The molecule has 2 unspecified atom stereocenters. The van der Waals surface area contributed by atoms with Gasteiger partial charge in [-0.2, -0.15) is 0 Å². The number of rotatable bonds is 5. The second kappa shape index (κ2) is 6.98. The Labute approximate surface area is 116 Å². The second-order valence-corrected chi connectivity index (χ2v) is 5.47. The molecule has 0 aromatic carbocycles. The number of nitrogens with two attached hydrogens (primary N) is 1. The van der Waals surface area contributed by atoms with Gasteiger partial charge in [0, 0.05) is 31.4 Å². The van der Waals surface area contributed by atoms with Gasteiger partial charge in [-0.1, -0.05) is 6.07 Å². The highest BCUT2D eigenvalue weighted by atomic mass is 16.5. The van der Waals surface area contributed by atoms with Crippen LogP contribution in [0.5, 0.6) is 0 Å². The molecule has 2 atom stereocenters. The molecule has 1 saturated heterocycles. The van der Waals surface area contributed by atoms with Crippen molar-refractivity contribution in [1.29, 1.82) is 0 Å². The first-order valence-corrected chi connectivity index (χ1v) is 7.11. The van der Waals surface area contributed by atoms with Gasteiger partial charge >= 0.3 is 0 Å². The van der Waals surface area contributed by atoms with Gasteiger partial charge in [0.05, 0.1) is 12.3 Å². The van der Waals surface area contributed by atoms with Gasteiger partial charge in [0.25, 0.3) is 0 Å². The summed E-state index contributed by atoms with van der Waals surface area (Å²) in [5.74, 6) is 0.550. The average Bonchev–Trinajstić information content (AvgIpc) is 2.41. The van der Waals surface area contributed by atoms with E-state index in [1.165, 1.54) is 6.42 Å². The number of likely N-dealkylation sites (N-methyl/N-ethyl adjacent to an activating group) is 1. The van der Waals surface area contributed by atoms with Crippen molar-refractivity contribution in [3.8, 4) is 0 Å². The zero-order chi connectivity index (χ0) is 13.7. The third-order valence-electron chi connectivity index (χ3n) is 3.90. The molecular formula is C15H25N3O. The molecule has 0 aliphatic carbocycles. The van der Waals surface area contributed by atoms with Crippen LogP contribution >= 0.6 is 0 Å². The Balaban J connectivity index is 1.97. The van der Waals surface area contributed by atoms with Crippen molar-refractivity contribution >= 4 is 0 Å². The SMILES string of the molecule is Cc1cccc(CN(C)C(CN)C2CCCOC2)n1. The van der Waals surface area contributed by atoms with Crippen LogP contribution in [-0.2, 0) is 11.3 Å². The van der Waals surface area contributed by atoms with E-state index in [0.717, 1.165) is 37.6 Å². The molecule has 4 heteroatoms. The van der Waals surface area contributed by atoms with Crippen molar-refractivity contribution in [2.24, 2.45) is 11.7 Å². The molecule has 1 aliphatic heterocycles. The molecular weight excluding hydrogens is 238 g/mol. The van der Waals surface area contributed by atoms with Gasteiger partial charge in [-0.15, -0.1) is 0 Å². The van der Waals surface area contributed by atoms with E-state index in [0.29, 0.717) is 18.5 Å². The van der Waals surface area contributed by atoms with E-state index in [2.05, 4.69) is 29.1 Å². The van der Waals surface area contributed by atoms with Gasteiger partial charge in [0.1, 0.15) is 0 Å². The molecule has 2 heterocycles. The van der Waals surface area contributed by atoms with Gasteiger partial charge in [-0.25, -0.2) is 0 Å². The number of aryl methyl sites for hydroxylation is 1. The van der Waals surface area contributed by atoms with Gasteiger partial charge in [0.2, 0.25) is 0 Å². The average molecular weight is 263 g/mol. The van der Waals surface area contributed by atoms with Crippen LogP contribution in [-0.4, -0.2) is 42.7 Å². The lowest BCUT2D eigenvalue weighted by Gasteiger charge is -2.35. The number of hydrogen-bond donors (Lipinski definition) is 1. The molecule has 19 heavy (non-hydrogen) atoms. The monoisotopic (exact) mass is 263 g/mol. The van der Waals surface area contributed by atoms with Crippen molar-refractivity contribution < 1.29 is 4.74 Å². The Morgan fingerprint density at radius 3 is 3.00 bits per heavy atom. The Morgan fingerprint density at radius 2 is 2.37 bits per heavy atom. The fraction of sp³-hybridized carbons (Fsp3) is 0.667. The fourth-order valence-electron chi connectivity index (χ4n) is 2.86. The fourth-order valence-corrected chi connectivity index (χ4v) is 2.86. The molecule has 2 N–H and O–H groups in total. The van der Waals surface area contributed by atoms with Gasteiger partial charge in [0.15, 0.2) is 0 Å². The Morgan fingerprint density at radius 1 is 1.53 bits per heavy atom. The first-order valence-electron chi connectivity index (χ1n) is 7.11. The van der Waals surface area contributed by atoms with E-state index in [1.54, 1.807) is 0 Å². The van der Waals surface area contributed by atoms with Crippen molar-refractivity contribution in [3.63, 3.8) is 0 Å². The zero-order valence-electron chi connectivity index (χ0n) is 12.0. The number of ether oxygens (including phenoxy) is 1. The standard InChI is InChI=1S/C15H25N3O/c1-12-5-3-7-14(17-12)10-18(2)15(9-16)13-6-4-8-19-11-13/h3,5,7,13,15H,4,6,8-11,16H2,1-2H3. The van der Waals surface area contributed by atoms with Gasteiger partial charge < -0.3 is 10.5 Å². The van der Waals surface area contributed by atoms with Crippen LogP contribution in [0.4, 0.5) is 0 Å². The van der Waals surface area contributed by atoms with Crippen molar-refractivity contribution in [1.82, 2.24) is 9.88 Å². The maximum absolute atomic E-state index is 5.97. The molecule has 2 rings (SSSR count). The third-order valence-corrected chi connectivity index (χ3v) is 3.90. The normalized spacial score (nSPS) is 21.6. The Hall–Kier alpha value is -0.970. The molecule has 1 aliphatic rings. The van der Waals surface area contributed by atoms with Crippen LogP contribution in [0.15, 0.2) is 18.2 Å². The summed E-state index contributed by atoms with van der Waals surface area (Å²) >= 11 is 0. The summed E-state index contributed by atoms with van der Waals surface area (Å²) in [6, 6.07) is 6.54. The second-order valence-electron chi connectivity index (χ2n) is 5.47. The minimum absolute atomic E-state index is 0.377. The van der Waals surface area contributed by atoms with Crippen molar-refractivity contribution in [2.45, 2.75) is 32.4 Å². The summed E-state index contributed by atoms with van der Waals surface area (Å²) in [6.07, 6.45) is 2.37.